The van der Waals surface area contributed by atoms with Crippen LogP contribution < -0.4 is 4.74 Å². The van der Waals surface area contributed by atoms with Crippen molar-refractivity contribution in [3.8, 4) is 5.75 Å². The Morgan fingerprint density at radius 2 is 2.08 bits per heavy atom. The minimum absolute atomic E-state index is 0.0788. The number of methoxy groups -OCH3 is 1. The van der Waals surface area contributed by atoms with Crippen LogP contribution in [0.5, 0.6) is 5.75 Å². The van der Waals surface area contributed by atoms with Crippen molar-refractivity contribution < 1.29 is 9.53 Å². The number of H-pyrrole nitrogens is 1. The van der Waals surface area contributed by atoms with E-state index in [0.717, 1.165) is 16.7 Å². The molecule has 0 spiro atoms. The molecule has 1 amide bonds. The first kappa shape index (κ1) is 16.5. The SMILES string of the molecule is CCN(CC)C(=O)CSc1nnc2c(n1)[nH]c1ccc(OC)cc12. The predicted octanol–water partition coefficient (Wildman–Crippen LogP) is 2.48. The number of amides is 1. The third-order valence-electron chi connectivity index (χ3n) is 3.84. The number of nitrogens with one attached hydrogen (secondary N) is 1. The first-order valence-electron chi connectivity index (χ1n) is 7.77. The number of aromatic nitrogens is 4. The molecule has 2 heterocycles. The Kier molecular flexibility index (Phi) is 4.84. The smallest absolute Gasteiger partial charge is 0.233 e. The van der Waals surface area contributed by atoms with E-state index >= 15 is 0 Å². The van der Waals surface area contributed by atoms with Gasteiger partial charge in [0, 0.05) is 24.0 Å². The van der Waals surface area contributed by atoms with Crippen LogP contribution >= 0.6 is 11.8 Å². The molecule has 2 aromatic heterocycles. The lowest BCUT2D eigenvalue weighted by Crippen LogP contribution is -2.31. The lowest BCUT2D eigenvalue weighted by atomic mass is 10.2. The van der Waals surface area contributed by atoms with E-state index in [1.54, 1.807) is 12.0 Å². The number of aromatic amines is 1. The van der Waals surface area contributed by atoms with Gasteiger partial charge in [0.05, 0.1) is 12.9 Å². The molecule has 0 aliphatic rings. The third-order valence-corrected chi connectivity index (χ3v) is 4.67. The van der Waals surface area contributed by atoms with E-state index in [0.29, 0.717) is 35.2 Å². The van der Waals surface area contributed by atoms with Crippen molar-refractivity contribution in [2.75, 3.05) is 26.0 Å². The predicted molar refractivity (Wildman–Crippen MR) is 94.4 cm³/mol. The highest BCUT2D eigenvalue weighted by atomic mass is 32.2. The molecule has 0 saturated heterocycles. The standard InChI is InChI=1S/C16H19N5O2S/c1-4-21(5-2)13(22)9-24-16-18-15-14(19-20-16)11-8-10(23-3)6-7-12(11)17-15/h6-8H,4-5,9H2,1-3H3,(H,17,18,20). The fourth-order valence-electron chi connectivity index (χ4n) is 2.52. The molecule has 1 N–H and O–H groups in total. The van der Waals surface area contributed by atoms with Gasteiger partial charge in [0.2, 0.25) is 11.1 Å². The number of carbonyl (C=O) groups is 1. The van der Waals surface area contributed by atoms with Gasteiger partial charge in [-0.15, -0.1) is 10.2 Å². The Morgan fingerprint density at radius 3 is 2.79 bits per heavy atom. The second-order valence-corrected chi connectivity index (χ2v) is 6.13. The molecule has 3 rings (SSSR count). The summed E-state index contributed by atoms with van der Waals surface area (Å²) in [7, 11) is 1.63. The van der Waals surface area contributed by atoms with Crippen LogP contribution in [0.3, 0.4) is 0 Å². The lowest BCUT2D eigenvalue weighted by molar-refractivity contribution is -0.127. The van der Waals surface area contributed by atoms with E-state index in [-0.39, 0.29) is 5.91 Å². The molecule has 0 bridgehead atoms. The quantitative estimate of drug-likeness (QED) is 0.691. The maximum absolute atomic E-state index is 12.1. The van der Waals surface area contributed by atoms with Gasteiger partial charge < -0.3 is 14.6 Å². The molecule has 24 heavy (non-hydrogen) atoms. The Bertz CT molecular complexity index is 875. The zero-order chi connectivity index (χ0) is 17.1. The summed E-state index contributed by atoms with van der Waals surface area (Å²) in [4.78, 5) is 21.5. The molecule has 8 heteroatoms. The van der Waals surface area contributed by atoms with Gasteiger partial charge in [0.25, 0.3) is 0 Å². The van der Waals surface area contributed by atoms with Crippen LogP contribution in [0.15, 0.2) is 23.4 Å². The van der Waals surface area contributed by atoms with Gasteiger partial charge in [0.15, 0.2) is 5.65 Å². The molecule has 0 atom stereocenters. The monoisotopic (exact) mass is 345 g/mol. The van der Waals surface area contributed by atoms with Gasteiger partial charge in [0.1, 0.15) is 11.3 Å². The summed E-state index contributed by atoms with van der Waals surface area (Å²) in [5.41, 5.74) is 2.28. The van der Waals surface area contributed by atoms with Crippen LogP contribution in [0.1, 0.15) is 13.8 Å². The number of ether oxygens (including phenoxy) is 1. The van der Waals surface area contributed by atoms with Crippen molar-refractivity contribution in [1.82, 2.24) is 25.1 Å². The second kappa shape index (κ2) is 7.04. The molecule has 0 fully saturated rings. The Hall–Kier alpha value is -2.35. The highest BCUT2D eigenvalue weighted by Gasteiger charge is 2.13. The largest absolute Gasteiger partial charge is 0.497 e. The van der Waals surface area contributed by atoms with Gasteiger partial charge in [-0.05, 0) is 32.0 Å². The lowest BCUT2D eigenvalue weighted by Gasteiger charge is -2.17. The normalized spacial score (nSPS) is 11.1. The molecular formula is C16H19N5O2S. The fourth-order valence-corrected chi connectivity index (χ4v) is 3.21. The number of hydrogen-bond donors (Lipinski definition) is 1. The van der Waals surface area contributed by atoms with Crippen molar-refractivity contribution in [3.63, 3.8) is 0 Å². The number of nitrogens with zero attached hydrogens (tertiary/aromatic N) is 4. The Morgan fingerprint density at radius 1 is 1.29 bits per heavy atom. The van der Waals surface area contributed by atoms with Crippen molar-refractivity contribution in [2.45, 2.75) is 19.0 Å². The van der Waals surface area contributed by atoms with Crippen LogP contribution in [0.2, 0.25) is 0 Å². The van der Waals surface area contributed by atoms with Crippen molar-refractivity contribution in [3.05, 3.63) is 18.2 Å². The number of hydrogen-bond acceptors (Lipinski definition) is 6. The molecule has 3 aromatic rings. The number of fused-ring (bicyclic) bond motifs is 3. The van der Waals surface area contributed by atoms with E-state index in [9.17, 15) is 4.79 Å². The van der Waals surface area contributed by atoms with Gasteiger partial charge in [-0.25, -0.2) is 4.98 Å². The molecule has 0 aliphatic heterocycles. The number of benzene rings is 1. The minimum Gasteiger partial charge on any atom is -0.497 e. The molecule has 126 valence electrons. The first-order chi connectivity index (χ1) is 11.7. The van der Waals surface area contributed by atoms with Crippen LogP contribution in [-0.4, -0.2) is 56.9 Å². The Labute approximate surface area is 143 Å². The summed E-state index contributed by atoms with van der Waals surface area (Å²) < 4.78 is 5.24. The molecule has 0 radical (unpaired) electrons. The van der Waals surface area contributed by atoms with Crippen LogP contribution in [-0.2, 0) is 4.79 Å². The topological polar surface area (TPSA) is 84.0 Å². The summed E-state index contributed by atoms with van der Waals surface area (Å²) in [6.45, 7) is 5.35. The van der Waals surface area contributed by atoms with Crippen LogP contribution in [0.4, 0.5) is 0 Å². The van der Waals surface area contributed by atoms with E-state index in [2.05, 4.69) is 20.2 Å². The third kappa shape index (κ3) is 3.14. The Balaban J connectivity index is 1.84. The fraction of sp³-hybridized carbons (Fsp3) is 0.375. The van der Waals surface area contributed by atoms with Gasteiger partial charge in [-0.2, -0.15) is 0 Å². The maximum Gasteiger partial charge on any atom is 0.233 e. The number of thioether (sulfide) groups is 1. The van der Waals surface area contributed by atoms with Gasteiger partial charge in [-0.3, -0.25) is 4.79 Å². The number of rotatable bonds is 6. The molecule has 0 saturated carbocycles. The highest BCUT2D eigenvalue weighted by molar-refractivity contribution is 7.99. The summed E-state index contributed by atoms with van der Waals surface area (Å²) in [5, 5.41) is 9.81. The van der Waals surface area contributed by atoms with E-state index in [1.807, 2.05) is 32.0 Å². The summed E-state index contributed by atoms with van der Waals surface area (Å²) in [6.07, 6.45) is 0. The van der Waals surface area contributed by atoms with E-state index < -0.39 is 0 Å². The first-order valence-corrected chi connectivity index (χ1v) is 8.75. The molecule has 0 unspecified atom stereocenters. The van der Waals surface area contributed by atoms with Gasteiger partial charge >= 0.3 is 0 Å². The van der Waals surface area contributed by atoms with Crippen molar-refractivity contribution in [1.29, 1.82) is 0 Å². The second-order valence-electron chi connectivity index (χ2n) is 5.18. The summed E-state index contributed by atoms with van der Waals surface area (Å²) in [6, 6.07) is 5.71. The maximum atomic E-state index is 12.1. The average Bonchev–Trinajstić information content (AvgIpc) is 2.97. The van der Waals surface area contributed by atoms with Crippen molar-refractivity contribution in [2.24, 2.45) is 0 Å². The summed E-state index contributed by atoms with van der Waals surface area (Å²) >= 11 is 1.30. The average molecular weight is 345 g/mol. The molecule has 1 aromatic carbocycles. The zero-order valence-corrected chi connectivity index (χ0v) is 14.7. The highest BCUT2D eigenvalue weighted by Crippen LogP contribution is 2.27. The zero-order valence-electron chi connectivity index (χ0n) is 13.9. The molecular weight excluding hydrogens is 326 g/mol. The van der Waals surface area contributed by atoms with Crippen LogP contribution in [0.25, 0.3) is 22.1 Å². The number of carbonyl (C=O) groups excluding carboxylic acids is 1. The molecule has 7 nitrogen and oxygen atoms in total. The van der Waals surface area contributed by atoms with Crippen molar-refractivity contribution >= 4 is 39.7 Å². The minimum atomic E-state index is 0.0788. The van der Waals surface area contributed by atoms with E-state index in [4.69, 9.17) is 4.74 Å². The molecule has 0 aliphatic carbocycles. The van der Waals surface area contributed by atoms with Crippen LogP contribution in [0, 0.1) is 0 Å². The summed E-state index contributed by atoms with van der Waals surface area (Å²) in [5.74, 6) is 1.15. The van der Waals surface area contributed by atoms with E-state index in [1.165, 1.54) is 11.8 Å². The van der Waals surface area contributed by atoms with Gasteiger partial charge in [-0.1, -0.05) is 11.8 Å².